The quantitative estimate of drug-likeness (QED) is 0.775. The fourth-order valence-corrected chi connectivity index (χ4v) is 2.00. The van der Waals surface area contributed by atoms with E-state index in [1.807, 2.05) is 37.3 Å². The Labute approximate surface area is 96.0 Å². The van der Waals surface area contributed by atoms with Crippen LogP contribution in [-0.4, -0.2) is 24.1 Å². The van der Waals surface area contributed by atoms with Crippen LogP contribution in [0.4, 0.5) is 0 Å². The monoisotopic (exact) mass is 222 g/mol. The minimum atomic E-state index is -0.700. The summed E-state index contributed by atoms with van der Waals surface area (Å²) in [5.41, 5.74) is 0. The fourth-order valence-electron chi connectivity index (χ4n) is 2.00. The van der Waals surface area contributed by atoms with E-state index in [9.17, 15) is 5.11 Å². The van der Waals surface area contributed by atoms with E-state index in [-0.39, 0.29) is 12.0 Å². The van der Waals surface area contributed by atoms with Crippen molar-refractivity contribution in [2.75, 3.05) is 6.61 Å². The molecule has 0 aromatic heterocycles. The molecule has 2 rings (SSSR count). The summed E-state index contributed by atoms with van der Waals surface area (Å²) in [4.78, 5) is 0. The predicted molar refractivity (Wildman–Crippen MR) is 61.1 cm³/mol. The Bertz CT molecular complexity index is 325. The van der Waals surface area contributed by atoms with Crippen LogP contribution in [0.3, 0.4) is 0 Å². The molecule has 0 spiro atoms. The number of hydrogen-bond donors (Lipinski definition) is 1. The van der Waals surface area contributed by atoms with Gasteiger partial charge >= 0.3 is 0 Å². The average molecular weight is 222 g/mol. The first-order chi connectivity index (χ1) is 7.74. The van der Waals surface area contributed by atoms with Gasteiger partial charge in [-0.1, -0.05) is 25.1 Å². The number of rotatable bonds is 5. The number of ether oxygens (including phenoxy) is 2. The SMILES string of the molecule is CCO[C@H](O)[C@@H]1[C@H](C)[C@@H]1Oc1ccccc1. The normalized spacial score (nSPS) is 29.8. The van der Waals surface area contributed by atoms with Crippen molar-refractivity contribution in [3.8, 4) is 5.75 Å². The van der Waals surface area contributed by atoms with Crippen LogP contribution in [0.25, 0.3) is 0 Å². The van der Waals surface area contributed by atoms with Crippen LogP contribution in [0.2, 0.25) is 0 Å². The summed E-state index contributed by atoms with van der Waals surface area (Å²) in [6.45, 7) is 4.48. The molecule has 3 nitrogen and oxygen atoms in total. The van der Waals surface area contributed by atoms with Crippen molar-refractivity contribution in [3.05, 3.63) is 30.3 Å². The van der Waals surface area contributed by atoms with E-state index in [4.69, 9.17) is 9.47 Å². The zero-order chi connectivity index (χ0) is 11.5. The lowest BCUT2D eigenvalue weighted by Gasteiger charge is -2.10. The minimum Gasteiger partial charge on any atom is -0.490 e. The van der Waals surface area contributed by atoms with Gasteiger partial charge in [-0.2, -0.15) is 0 Å². The van der Waals surface area contributed by atoms with Gasteiger partial charge in [-0.05, 0) is 19.1 Å². The van der Waals surface area contributed by atoms with Gasteiger partial charge in [0, 0.05) is 12.5 Å². The number of benzene rings is 1. The highest BCUT2D eigenvalue weighted by atomic mass is 16.6. The third-order valence-electron chi connectivity index (χ3n) is 3.05. The van der Waals surface area contributed by atoms with E-state index in [0.717, 1.165) is 5.75 Å². The van der Waals surface area contributed by atoms with Crippen molar-refractivity contribution in [1.29, 1.82) is 0 Å². The third kappa shape index (κ3) is 2.36. The van der Waals surface area contributed by atoms with Gasteiger partial charge in [0.05, 0.1) is 5.92 Å². The van der Waals surface area contributed by atoms with Crippen LogP contribution in [0, 0.1) is 11.8 Å². The smallest absolute Gasteiger partial charge is 0.161 e. The van der Waals surface area contributed by atoms with Gasteiger partial charge in [0.15, 0.2) is 6.29 Å². The molecule has 1 saturated carbocycles. The van der Waals surface area contributed by atoms with Crippen molar-refractivity contribution in [1.82, 2.24) is 0 Å². The van der Waals surface area contributed by atoms with Crippen molar-refractivity contribution < 1.29 is 14.6 Å². The van der Waals surface area contributed by atoms with Crippen LogP contribution in [0.15, 0.2) is 30.3 Å². The third-order valence-corrected chi connectivity index (χ3v) is 3.05. The molecule has 1 N–H and O–H groups in total. The van der Waals surface area contributed by atoms with Gasteiger partial charge in [-0.15, -0.1) is 0 Å². The van der Waals surface area contributed by atoms with Crippen molar-refractivity contribution in [2.45, 2.75) is 26.2 Å². The topological polar surface area (TPSA) is 38.7 Å². The number of para-hydroxylation sites is 1. The number of aliphatic hydroxyl groups is 1. The molecule has 1 aliphatic rings. The maximum Gasteiger partial charge on any atom is 0.161 e. The van der Waals surface area contributed by atoms with E-state index in [0.29, 0.717) is 12.5 Å². The van der Waals surface area contributed by atoms with E-state index in [2.05, 4.69) is 6.92 Å². The Hall–Kier alpha value is -1.06. The maximum absolute atomic E-state index is 9.71. The molecule has 1 aromatic carbocycles. The Morgan fingerprint density at radius 2 is 2.00 bits per heavy atom. The minimum absolute atomic E-state index is 0.0731. The van der Waals surface area contributed by atoms with Crippen molar-refractivity contribution in [3.63, 3.8) is 0 Å². The molecule has 4 atom stereocenters. The Balaban J connectivity index is 1.89. The Kier molecular flexibility index (Phi) is 3.46. The molecule has 0 heterocycles. The van der Waals surface area contributed by atoms with E-state index in [1.165, 1.54) is 0 Å². The predicted octanol–water partition coefficient (Wildman–Crippen LogP) is 2.05. The summed E-state index contributed by atoms with van der Waals surface area (Å²) in [5, 5.41) is 9.71. The standard InChI is InChI=1S/C13H18O3/c1-3-15-13(14)11-9(2)12(11)16-10-7-5-4-6-8-10/h4-9,11-14H,3H2,1-2H3/t9-,11+,12-,13-/m0/s1. The van der Waals surface area contributed by atoms with E-state index >= 15 is 0 Å². The summed E-state index contributed by atoms with van der Waals surface area (Å²) in [6.07, 6.45) is -0.627. The Morgan fingerprint density at radius 1 is 1.31 bits per heavy atom. The van der Waals surface area contributed by atoms with Crippen LogP contribution in [0.5, 0.6) is 5.75 Å². The first kappa shape index (κ1) is 11.4. The lowest BCUT2D eigenvalue weighted by molar-refractivity contribution is -0.115. The molecule has 0 amide bonds. The van der Waals surface area contributed by atoms with Gasteiger partial charge in [0.25, 0.3) is 0 Å². The van der Waals surface area contributed by atoms with Crippen LogP contribution >= 0.6 is 0 Å². The molecule has 3 heteroatoms. The summed E-state index contributed by atoms with van der Waals surface area (Å²) in [5.74, 6) is 1.30. The lowest BCUT2D eigenvalue weighted by Crippen LogP contribution is -2.18. The van der Waals surface area contributed by atoms with Gasteiger partial charge in [-0.25, -0.2) is 0 Å². The molecule has 16 heavy (non-hydrogen) atoms. The van der Waals surface area contributed by atoms with Crippen molar-refractivity contribution >= 4 is 0 Å². The highest BCUT2D eigenvalue weighted by molar-refractivity contribution is 5.22. The van der Waals surface area contributed by atoms with Crippen LogP contribution < -0.4 is 4.74 Å². The molecule has 0 aliphatic heterocycles. The summed E-state index contributed by atoms with van der Waals surface area (Å²) in [6, 6.07) is 9.69. The van der Waals surface area contributed by atoms with Crippen LogP contribution in [0.1, 0.15) is 13.8 Å². The summed E-state index contributed by atoms with van der Waals surface area (Å²) < 4.78 is 11.0. The zero-order valence-corrected chi connectivity index (χ0v) is 9.67. The summed E-state index contributed by atoms with van der Waals surface area (Å²) in [7, 11) is 0. The first-order valence-corrected chi connectivity index (χ1v) is 5.75. The van der Waals surface area contributed by atoms with Crippen LogP contribution in [-0.2, 0) is 4.74 Å². The van der Waals surface area contributed by atoms with Gasteiger partial charge < -0.3 is 14.6 Å². The lowest BCUT2D eigenvalue weighted by atomic mass is 10.3. The maximum atomic E-state index is 9.71. The highest BCUT2D eigenvalue weighted by Gasteiger charge is 2.54. The molecule has 1 aromatic rings. The van der Waals surface area contributed by atoms with Gasteiger partial charge in [-0.3, -0.25) is 0 Å². The molecular weight excluding hydrogens is 204 g/mol. The second-order valence-corrected chi connectivity index (χ2v) is 4.18. The highest BCUT2D eigenvalue weighted by Crippen LogP contribution is 2.44. The molecule has 0 unspecified atom stereocenters. The fraction of sp³-hybridized carbons (Fsp3) is 0.538. The molecule has 0 bridgehead atoms. The summed E-state index contributed by atoms with van der Waals surface area (Å²) >= 11 is 0. The second kappa shape index (κ2) is 4.85. The first-order valence-electron chi connectivity index (χ1n) is 5.75. The molecule has 1 aliphatic carbocycles. The van der Waals surface area contributed by atoms with E-state index in [1.54, 1.807) is 0 Å². The van der Waals surface area contributed by atoms with Gasteiger partial charge in [0.2, 0.25) is 0 Å². The van der Waals surface area contributed by atoms with Crippen molar-refractivity contribution in [2.24, 2.45) is 11.8 Å². The molecule has 88 valence electrons. The largest absolute Gasteiger partial charge is 0.490 e. The van der Waals surface area contributed by atoms with Gasteiger partial charge in [0.1, 0.15) is 11.9 Å². The van der Waals surface area contributed by atoms with E-state index < -0.39 is 6.29 Å². The zero-order valence-electron chi connectivity index (χ0n) is 9.67. The second-order valence-electron chi connectivity index (χ2n) is 4.18. The molecule has 0 saturated heterocycles. The average Bonchev–Trinajstić information content (AvgIpc) is 2.91. The number of aliphatic hydroxyl groups excluding tert-OH is 1. The number of hydrogen-bond acceptors (Lipinski definition) is 3. The molecule has 0 radical (unpaired) electrons. The molecule has 1 fully saturated rings. The molecular formula is C13H18O3. The Morgan fingerprint density at radius 3 is 2.62 bits per heavy atom.